The monoisotopic (exact) mass is 576 g/mol. The van der Waals surface area contributed by atoms with Crippen LogP contribution in [0.25, 0.3) is 10.9 Å². The Morgan fingerprint density at radius 1 is 1.15 bits per heavy atom. The number of benzene rings is 3. The molecule has 1 aliphatic heterocycles. The molecule has 2 N–H and O–H groups in total. The standard InChI is InChI=1S/C30H26ClFN4O3S/c1-18-17-34-29(40-18)33-13-15-38-22-7-2-19(3-8-22)28-27-24(25-16-20(31)4-11-26(25)35-27)12-14-36(28)30(37)39-23-9-5-21(32)6-10-23/h2-11,16-17,28,35H,12-15H2,1H3,(H,33,34)/t28-/m0/s1. The van der Waals surface area contributed by atoms with Gasteiger partial charge in [0, 0.05) is 39.2 Å². The molecule has 3 heterocycles. The highest BCUT2D eigenvalue weighted by molar-refractivity contribution is 7.15. The molecule has 0 aliphatic carbocycles. The molecule has 7 nitrogen and oxygen atoms in total. The van der Waals surface area contributed by atoms with E-state index in [1.165, 1.54) is 24.3 Å². The zero-order valence-corrected chi connectivity index (χ0v) is 23.2. The first-order valence-electron chi connectivity index (χ1n) is 12.9. The zero-order chi connectivity index (χ0) is 27.6. The van der Waals surface area contributed by atoms with Crippen molar-refractivity contribution < 1.29 is 18.7 Å². The molecule has 40 heavy (non-hydrogen) atoms. The molecule has 0 spiro atoms. The lowest BCUT2D eigenvalue weighted by Crippen LogP contribution is -2.42. The molecule has 1 atom stereocenters. The summed E-state index contributed by atoms with van der Waals surface area (Å²) in [5.41, 5.74) is 3.89. The van der Waals surface area contributed by atoms with Crippen LogP contribution >= 0.6 is 22.9 Å². The minimum atomic E-state index is -0.511. The molecule has 0 bridgehead atoms. The fourth-order valence-electron chi connectivity index (χ4n) is 4.98. The number of carbonyl (C=O) groups excluding carboxylic acids is 1. The topological polar surface area (TPSA) is 79.5 Å². The van der Waals surface area contributed by atoms with Crippen molar-refractivity contribution in [2.75, 3.05) is 25.0 Å². The molecule has 0 saturated carbocycles. The predicted molar refractivity (Wildman–Crippen MR) is 155 cm³/mol. The maximum atomic E-state index is 13.4. The van der Waals surface area contributed by atoms with Gasteiger partial charge >= 0.3 is 6.09 Å². The second-order valence-corrected chi connectivity index (χ2v) is 11.2. The van der Waals surface area contributed by atoms with Gasteiger partial charge in [-0.05, 0) is 79.1 Å². The van der Waals surface area contributed by atoms with Crippen LogP contribution in [0.4, 0.5) is 14.3 Å². The number of nitrogens with zero attached hydrogens (tertiary/aromatic N) is 2. The summed E-state index contributed by atoms with van der Waals surface area (Å²) >= 11 is 7.92. The average Bonchev–Trinajstić information content (AvgIpc) is 3.54. The van der Waals surface area contributed by atoms with Crippen LogP contribution in [-0.2, 0) is 6.42 Å². The highest BCUT2D eigenvalue weighted by atomic mass is 35.5. The molecular formula is C30H26ClFN4O3S. The molecule has 1 amide bonds. The minimum absolute atomic E-state index is 0.282. The number of ether oxygens (including phenoxy) is 2. The van der Waals surface area contributed by atoms with Gasteiger partial charge in [0.15, 0.2) is 5.13 Å². The molecule has 0 radical (unpaired) electrons. The Morgan fingerprint density at radius 2 is 1.93 bits per heavy atom. The number of rotatable bonds is 7. The van der Waals surface area contributed by atoms with Crippen LogP contribution in [0, 0.1) is 12.7 Å². The lowest BCUT2D eigenvalue weighted by Gasteiger charge is -2.35. The SMILES string of the molecule is Cc1cnc(NCCOc2ccc([C@H]3c4[nH]c5ccc(Cl)cc5c4CCN3C(=O)Oc3ccc(F)cc3)cc2)s1. The number of fused-ring (bicyclic) bond motifs is 3. The highest BCUT2D eigenvalue weighted by Gasteiger charge is 2.35. The van der Waals surface area contributed by atoms with Crippen LogP contribution in [-0.4, -0.2) is 40.7 Å². The van der Waals surface area contributed by atoms with Crippen LogP contribution in [0.5, 0.6) is 11.5 Å². The first-order valence-corrected chi connectivity index (χ1v) is 14.1. The van der Waals surface area contributed by atoms with Gasteiger partial charge in [0.1, 0.15) is 30.0 Å². The van der Waals surface area contributed by atoms with Crippen molar-refractivity contribution in [2.24, 2.45) is 0 Å². The summed E-state index contributed by atoms with van der Waals surface area (Å²) < 4.78 is 25.0. The van der Waals surface area contributed by atoms with Gasteiger partial charge in [0.25, 0.3) is 0 Å². The summed E-state index contributed by atoms with van der Waals surface area (Å²) in [5.74, 6) is 0.610. The number of hydrogen-bond donors (Lipinski definition) is 2. The molecule has 6 rings (SSSR count). The highest BCUT2D eigenvalue weighted by Crippen LogP contribution is 2.40. The maximum Gasteiger partial charge on any atom is 0.416 e. The normalized spacial score (nSPS) is 14.7. The van der Waals surface area contributed by atoms with E-state index in [0.717, 1.165) is 43.5 Å². The second-order valence-electron chi connectivity index (χ2n) is 9.50. The van der Waals surface area contributed by atoms with Gasteiger partial charge in [0.2, 0.25) is 0 Å². The molecule has 10 heteroatoms. The number of aromatic amines is 1. The minimum Gasteiger partial charge on any atom is -0.492 e. The number of aromatic nitrogens is 2. The number of anilines is 1. The van der Waals surface area contributed by atoms with Crippen LogP contribution in [0.3, 0.4) is 0 Å². The number of halogens is 2. The summed E-state index contributed by atoms with van der Waals surface area (Å²) in [4.78, 5) is 24.1. The van der Waals surface area contributed by atoms with Crippen molar-refractivity contribution >= 4 is 45.1 Å². The van der Waals surface area contributed by atoms with Crippen LogP contribution in [0.15, 0.2) is 72.9 Å². The van der Waals surface area contributed by atoms with Crippen molar-refractivity contribution in [1.82, 2.24) is 14.9 Å². The first kappa shape index (κ1) is 26.2. The zero-order valence-electron chi connectivity index (χ0n) is 21.6. The summed E-state index contributed by atoms with van der Waals surface area (Å²) in [6.45, 7) is 3.56. The molecule has 3 aromatic carbocycles. The van der Waals surface area contributed by atoms with E-state index in [-0.39, 0.29) is 5.75 Å². The quantitative estimate of drug-likeness (QED) is 0.198. The maximum absolute atomic E-state index is 13.4. The smallest absolute Gasteiger partial charge is 0.416 e. The van der Waals surface area contributed by atoms with Gasteiger partial charge < -0.3 is 19.8 Å². The van der Waals surface area contributed by atoms with E-state index in [4.69, 9.17) is 21.1 Å². The molecule has 2 aromatic heterocycles. The molecule has 1 aliphatic rings. The Balaban J connectivity index is 1.24. The number of thiazole rings is 1. The van der Waals surface area contributed by atoms with Gasteiger partial charge in [0.05, 0.1) is 6.54 Å². The van der Waals surface area contributed by atoms with Crippen LogP contribution in [0.1, 0.15) is 27.7 Å². The lowest BCUT2D eigenvalue weighted by molar-refractivity contribution is 0.135. The van der Waals surface area contributed by atoms with Crippen LogP contribution in [0.2, 0.25) is 5.02 Å². The number of H-pyrrole nitrogens is 1. The Bertz CT molecular complexity index is 1650. The third-order valence-electron chi connectivity index (χ3n) is 6.81. The summed E-state index contributed by atoms with van der Waals surface area (Å²) in [5, 5.41) is 5.83. The Morgan fingerprint density at radius 3 is 2.67 bits per heavy atom. The molecule has 204 valence electrons. The predicted octanol–water partition coefficient (Wildman–Crippen LogP) is 7.36. The Kier molecular flexibility index (Phi) is 7.32. The van der Waals surface area contributed by atoms with E-state index in [1.807, 2.05) is 55.6 Å². The number of nitrogens with one attached hydrogen (secondary N) is 2. The van der Waals surface area contributed by atoms with E-state index in [2.05, 4.69) is 15.3 Å². The molecule has 0 fully saturated rings. The number of amides is 1. The van der Waals surface area contributed by atoms with E-state index in [1.54, 1.807) is 16.2 Å². The van der Waals surface area contributed by atoms with Crippen molar-refractivity contribution in [3.05, 3.63) is 105 Å². The Labute approximate surface area is 239 Å². The lowest BCUT2D eigenvalue weighted by atomic mass is 9.92. The largest absolute Gasteiger partial charge is 0.492 e. The number of carbonyl (C=O) groups is 1. The van der Waals surface area contributed by atoms with Crippen molar-refractivity contribution in [3.8, 4) is 11.5 Å². The second kappa shape index (κ2) is 11.2. The molecule has 5 aromatic rings. The summed E-state index contributed by atoms with van der Waals surface area (Å²) in [7, 11) is 0. The van der Waals surface area contributed by atoms with Crippen molar-refractivity contribution in [3.63, 3.8) is 0 Å². The van der Waals surface area contributed by atoms with Crippen molar-refractivity contribution in [1.29, 1.82) is 0 Å². The first-order chi connectivity index (χ1) is 19.4. The fourth-order valence-corrected chi connectivity index (χ4v) is 5.84. The van der Waals surface area contributed by atoms with Gasteiger partial charge in [-0.3, -0.25) is 4.90 Å². The number of aryl methyl sites for hydroxylation is 1. The average molecular weight is 577 g/mol. The van der Waals surface area contributed by atoms with Crippen molar-refractivity contribution in [2.45, 2.75) is 19.4 Å². The van der Waals surface area contributed by atoms with Gasteiger partial charge in [-0.25, -0.2) is 14.2 Å². The molecule has 0 saturated heterocycles. The Hall–Kier alpha value is -4.08. The van der Waals surface area contributed by atoms with Gasteiger partial charge in [-0.1, -0.05) is 23.7 Å². The number of hydrogen-bond acceptors (Lipinski definition) is 6. The summed E-state index contributed by atoms with van der Waals surface area (Å²) in [6.07, 6.45) is 1.96. The third kappa shape index (κ3) is 5.48. The summed E-state index contributed by atoms with van der Waals surface area (Å²) in [6, 6.07) is 18.5. The van der Waals surface area contributed by atoms with Gasteiger partial charge in [-0.2, -0.15) is 0 Å². The third-order valence-corrected chi connectivity index (χ3v) is 7.91. The molecule has 0 unspecified atom stereocenters. The fraction of sp³-hybridized carbons (Fsp3) is 0.200. The van der Waals surface area contributed by atoms with E-state index in [0.29, 0.717) is 31.1 Å². The van der Waals surface area contributed by atoms with E-state index < -0.39 is 18.0 Å². The van der Waals surface area contributed by atoms with Crippen LogP contribution < -0.4 is 14.8 Å². The van der Waals surface area contributed by atoms with Gasteiger partial charge in [-0.15, -0.1) is 11.3 Å². The van der Waals surface area contributed by atoms with E-state index in [9.17, 15) is 9.18 Å². The van der Waals surface area contributed by atoms with E-state index >= 15 is 0 Å². The molecular weight excluding hydrogens is 551 g/mol.